The fraction of sp³-hybridized carbons (Fsp3) is 0.333. The molecule has 0 aliphatic heterocycles. The lowest BCUT2D eigenvalue weighted by atomic mass is 10.1. The number of hydrogen-bond acceptors (Lipinski definition) is 0. The lowest BCUT2D eigenvalue weighted by Crippen LogP contribution is -1.88. The van der Waals surface area contributed by atoms with Crippen LogP contribution in [0.25, 0.3) is 0 Å². The van der Waals surface area contributed by atoms with Gasteiger partial charge in [0, 0.05) is 9.80 Å². The number of alkyl halides is 1. The van der Waals surface area contributed by atoms with Crippen molar-refractivity contribution in [3.05, 3.63) is 33.8 Å². The second-order valence-corrected chi connectivity index (χ2v) is 4.07. The topological polar surface area (TPSA) is 0 Å². The Morgan fingerprint density at radius 1 is 1.36 bits per heavy atom. The quantitative estimate of drug-likeness (QED) is 0.724. The molecule has 0 amide bonds. The zero-order chi connectivity index (χ0) is 8.27. The minimum atomic E-state index is 1.02. The number of halogens is 2. The monoisotopic (exact) mass is 276 g/mol. The summed E-state index contributed by atoms with van der Waals surface area (Å²) in [7, 11) is 0. The van der Waals surface area contributed by atoms with Crippen molar-refractivity contribution < 1.29 is 0 Å². The van der Waals surface area contributed by atoms with Crippen LogP contribution >= 0.6 is 31.9 Å². The van der Waals surface area contributed by atoms with Crippen molar-refractivity contribution in [2.75, 3.05) is 5.33 Å². The molecule has 0 bridgehead atoms. The molecule has 0 nitrogen and oxygen atoms in total. The molecule has 0 atom stereocenters. The third-order valence-electron chi connectivity index (χ3n) is 1.64. The highest BCUT2D eigenvalue weighted by Crippen LogP contribution is 2.21. The van der Waals surface area contributed by atoms with Crippen LogP contribution in [0, 0.1) is 6.92 Å². The van der Waals surface area contributed by atoms with E-state index in [2.05, 4.69) is 57.0 Å². The second-order valence-electron chi connectivity index (χ2n) is 2.49. The fourth-order valence-electron chi connectivity index (χ4n) is 1.00. The first-order chi connectivity index (χ1) is 5.25. The molecule has 1 aromatic rings. The van der Waals surface area contributed by atoms with E-state index in [0.717, 1.165) is 11.8 Å². The van der Waals surface area contributed by atoms with Crippen molar-refractivity contribution in [2.24, 2.45) is 0 Å². The van der Waals surface area contributed by atoms with Crippen LogP contribution in [0.2, 0.25) is 0 Å². The molecule has 0 saturated carbocycles. The standard InChI is InChI=1S/C9H10Br2/c1-7-3-2-4-8(5-6-10)9(7)11/h2-4H,5-6H2,1H3. The SMILES string of the molecule is Cc1cccc(CCBr)c1Br. The maximum atomic E-state index is 3.56. The Morgan fingerprint density at radius 2 is 2.09 bits per heavy atom. The van der Waals surface area contributed by atoms with Crippen molar-refractivity contribution in [1.82, 2.24) is 0 Å². The summed E-state index contributed by atoms with van der Waals surface area (Å²) in [4.78, 5) is 0. The maximum absolute atomic E-state index is 3.56. The van der Waals surface area contributed by atoms with Gasteiger partial charge in [-0.3, -0.25) is 0 Å². The van der Waals surface area contributed by atoms with E-state index < -0.39 is 0 Å². The molecular formula is C9H10Br2. The van der Waals surface area contributed by atoms with Crippen LogP contribution in [0.4, 0.5) is 0 Å². The van der Waals surface area contributed by atoms with Crippen molar-refractivity contribution >= 4 is 31.9 Å². The summed E-state index contributed by atoms with van der Waals surface area (Å²) in [5.41, 5.74) is 2.69. The van der Waals surface area contributed by atoms with Gasteiger partial charge in [0.05, 0.1) is 0 Å². The lowest BCUT2D eigenvalue weighted by molar-refractivity contribution is 1.14. The summed E-state index contributed by atoms with van der Waals surface area (Å²) in [5, 5.41) is 1.02. The third-order valence-corrected chi connectivity index (χ3v) is 3.17. The molecule has 1 aromatic carbocycles. The molecule has 1 rings (SSSR count). The molecule has 0 radical (unpaired) electrons. The van der Waals surface area contributed by atoms with Crippen molar-refractivity contribution in [3.63, 3.8) is 0 Å². The Hall–Kier alpha value is 0.180. The zero-order valence-corrected chi connectivity index (χ0v) is 9.57. The zero-order valence-electron chi connectivity index (χ0n) is 6.40. The number of aryl methyl sites for hydroxylation is 2. The minimum Gasteiger partial charge on any atom is -0.0924 e. The molecule has 11 heavy (non-hydrogen) atoms. The van der Waals surface area contributed by atoms with Gasteiger partial charge < -0.3 is 0 Å². The Labute approximate surface area is 84.3 Å². The predicted molar refractivity (Wildman–Crippen MR) is 56.4 cm³/mol. The van der Waals surface area contributed by atoms with E-state index in [1.54, 1.807) is 0 Å². The molecule has 60 valence electrons. The predicted octanol–water partition coefficient (Wildman–Crippen LogP) is 3.69. The van der Waals surface area contributed by atoms with Gasteiger partial charge in [-0.2, -0.15) is 0 Å². The minimum absolute atomic E-state index is 1.02. The number of hydrogen-bond donors (Lipinski definition) is 0. The van der Waals surface area contributed by atoms with Gasteiger partial charge >= 0.3 is 0 Å². The average molecular weight is 278 g/mol. The van der Waals surface area contributed by atoms with Gasteiger partial charge in [0.1, 0.15) is 0 Å². The number of rotatable bonds is 2. The van der Waals surface area contributed by atoms with E-state index in [-0.39, 0.29) is 0 Å². The van der Waals surface area contributed by atoms with Crippen molar-refractivity contribution in [2.45, 2.75) is 13.3 Å². The molecule has 0 spiro atoms. The normalized spacial score (nSPS) is 10.1. The van der Waals surface area contributed by atoms with E-state index >= 15 is 0 Å². The highest BCUT2D eigenvalue weighted by Gasteiger charge is 1.99. The number of benzene rings is 1. The molecule has 0 aliphatic carbocycles. The molecule has 0 aromatic heterocycles. The summed E-state index contributed by atoms with van der Waals surface area (Å²) >= 11 is 6.98. The molecule has 0 fully saturated rings. The summed E-state index contributed by atoms with van der Waals surface area (Å²) in [6.45, 7) is 2.11. The van der Waals surface area contributed by atoms with E-state index in [1.165, 1.54) is 15.6 Å². The van der Waals surface area contributed by atoms with Gasteiger partial charge in [-0.15, -0.1) is 0 Å². The molecule has 2 heteroatoms. The molecule has 0 unspecified atom stereocenters. The van der Waals surface area contributed by atoms with Gasteiger partial charge in [-0.25, -0.2) is 0 Å². The van der Waals surface area contributed by atoms with E-state index in [4.69, 9.17) is 0 Å². The summed E-state index contributed by atoms with van der Waals surface area (Å²) in [6, 6.07) is 6.36. The summed E-state index contributed by atoms with van der Waals surface area (Å²) < 4.78 is 1.25. The lowest BCUT2D eigenvalue weighted by Gasteiger charge is -2.03. The maximum Gasteiger partial charge on any atom is 0.0236 e. The van der Waals surface area contributed by atoms with E-state index in [9.17, 15) is 0 Å². The molecule has 0 saturated heterocycles. The van der Waals surface area contributed by atoms with E-state index in [0.29, 0.717) is 0 Å². The fourth-order valence-corrected chi connectivity index (χ4v) is 1.89. The van der Waals surface area contributed by atoms with Crippen LogP contribution < -0.4 is 0 Å². The average Bonchev–Trinajstić information content (AvgIpc) is 1.99. The second kappa shape index (κ2) is 4.27. The van der Waals surface area contributed by atoms with Crippen LogP contribution in [0.5, 0.6) is 0 Å². The van der Waals surface area contributed by atoms with Crippen LogP contribution in [-0.4, -0.2) is 5.33 Å². The first kappa shape index (κ1) is 9.27. The smallest absolute Gasteiger partial charge is 0.0236 e. The highest BCUT2D eigenvalue weighted by atomic mass is 79.9. The Morgan fingerprint density at radius 3 is 2.73 bits per heavy atom. The summed E-state index contributed by atoms with van der Waals surface area (Å²) in [6.07, 6.45) is 1.09. The molecule has 0 aliphatic rings. The first-order valence-electron chi connectivity index (χ1n) is 3.55. The van der Waals surface area contributed by atoms with E-state index in [1.807, 2.05) is 0 Å². The Bertz CT molecular complexity index is 243. The highest BCUT2D eigenvalue weighted by molar-refractivity contribution is 9.10. The summed E-state index contributed by atoms with van der Waals surface area (Å²) in [5.74, 6) is 0. The first-order valence-corrected chi connectivity index (χ1v) is 5.47. The molecule has 0 N–H and O–H groups in total. The molecular weight excluding hydrogens is 268 g/mol. The van der Waals surface area contributed by atoms with Crippen molar-refractivity contribution in [3.8, 4) is 0 Å². The third kappa shape index (κ3) is 2.31. The van der Waals surface area contributed by atoms with Crippen LogP contribution in [-0.2, 0) is 6.42 Å². The van der Waals surface area contributed by atoms with Gasteiger partial charge in [-0.05, 0) is 24.5 Å². The van der Waals surface area contributed by atoms with Crippen LogP contribution in [0.3, 0.4) is 0 Å². The van der Waals surface area contributed by atoms with Gasteiger partial charge in [-0.1, -0.05) is 50.1 Å². The van der Waals surface area contributed by atoms with Crippen LogP contribution in [0.1, 0.15) is 11.1 Å². The van der Waals surface area contributed by atoms with Gasteiger partial charge in [0.2, 0.25) is 0 Å². The Balaban J connectivity index is 2.96. The largest absolute Gasteiger partial charge is 0.0924 e. The van der Waals surface area contributed by atoms with Crippen molar-refractivity contribution in [1.29, 1.82) is 0 Å². The van der Waals surface area contributed by atoms with Gasteiger partial charge in [0.15, 0.2) is 0 Å². The van der Waals surface area contributed by atoms with Gasteiger partial charge in [0.25, 0.3) is 0 Å². The Kier molecular flexibility index (Phi) is 3.60. The van der Waals surface area contributed by atoms with Crippen LogP contribution in [0.15, 0.2) is 22.7 Å². The molecule has 0 heterocycles.